The van der Waals surface area contributed by atoms with Crippen molar-refractivity contribution in [3.05, 3.63) is 35.4 Å². The molecule has 1 fully saturated rings. The van der Waals surface area contributed by atoms with E-state index < -0.39 is 17.9 Å². The van der Waals surface area contributed by atoms with Crippen LogP contribution >= 0.6 is 0 Å². The van der Waals surface area contributed by atoms with Gasteiger partial charge in [-0.25, -0.2) is 0 Å². The Morgan fingerprint density at radius 1 is 1.42 bits per heavy atom. The molecule has 1 saturated carbocycles. The summed E-state index contributed by atoms with van der Waals surface area (Å²) in [6, 6.07) is 2.19. The van der Waals surface area contributed by atoms with Crippen LogP contribution in [0, 0.1) is 6.92 Å². The molecule has 6 nitrogen and oxygen atoms in total. The Kier molecular flexibility index (Phi) is 5.06. The van der Waals surface area contributed by atoms with E-state index in [0.717, 1.165) is 24.6 Å². The number of hydrogen-bond donors (Lipinski definition) is 1. The monoisotopic (exact) mass is 369 g/mol. The van der Waals surface area contributed by atoms with Gasteiger partial charge in [-0.1, -0.05) is 0 Å². The van der Waals surface area contributed by atoms with Crippen molar-refractivity contribution in [3.8, 4) is 0 Å². The van der Waals surface area contributed by atoms with Gasteiger partial charge in [-0.05, 0) is 45.2 Å². The Labute approximate surface area is 149 Å². The Hall–Kier alpha value is -2.32. The first-order valence-electron chi connectivity index (χ1n) is 8.70. The molecule has 0 saturated heterocycles. The normalized spacial score (nSPS) is 15.9. The van der Waals surface area contributed by atoms with Crippen LogP contribution in [-0.4, -0.2) is 32.0 Å². The summed E-state index contributed by atoms with van der Waals surface area (Å²) in [4.78, 5) is 12.4. The molecule has 9 heteroatoms. The number of nitrogens with one attached hydrogen (secondary N) is 1. The molecule has 2 aromatic heterocycles. The second-order valence-corrected chi connectivity index (χ2v) is 6.69. The van der Waals surface area contributed by atoms with Crippen molar-refractivity contribution < 1.29 is 18.0 Å². The van der Waals surface area contributed by atoms with E-state index in [1.807, 2.05) is 17.7 Å². The van der Waals surface area contributed by atoms with Gasteiger partial charge in [-0.15, -0.1) is 0 Å². The largest absolute Gasteiger partial charge is 0.435 e. The number of hydrogen-bond acceptors (Lipinski definition) is 3. The minimum absolute atomic E-state index is 0.0663. The topological polar surface area (TPSA) is 64.7 Å². The summed E-state index contributed by atoms with van der Waals surface area (Å²) >= 11 is 0. The van der Waals surface area contributed by atoms with Gasteiger partial charge < -0.3 is 5.32 Å². The number of carbonyl (C=O) groups excluding carboxylic acids is 1. The second kappa shape index (κ2) is 7.13. The smallest absolute Gasteiger partial charge is 0.354 e. The van der Waals surface area contributed by atoms with Crippen LogP contribution < -0.4 is 5.32 Å². The summed E-state index contributed by atoms with van der Waals surface area (Å²) in [6.45, 7) is 4.62. The molecular formula is C17H22F3N5O. The zero-order valence-electron chi connectivity index (χ0n) is 14.8. The number of aromatic nitrogens is 4. The Morgan fingerprint density at radius 3 is 2.73 bits per heavy atom. The van der Waals surface area contributed by atoms with Crippen molar-refractivity contribution in [2.45, 2.75) is 57.8 Å². The van der Waals surface area contributed by atoms with Gasteiger partial charge in [0.1, 0.15) is 6.04 Å². The van der Waals surface area contributed by atoms with E-state index in [-0.39, 0.29) is 11.8 Å². The van der Waals surface area contributed by atoms with Crippen molar-refractivity contribution in [3.63, 3.8) is 0 Å². The lowest BCUT2D eigenvalue weighted by Gasteiger charge is -2.16. The van der Waals surface area contributed by atoms with Crippen LogP contribution in [0.4, 0.5) is 13.2 Å². The molecule has 0 radical (unpaired) electrons. The molecule has 1 N–H and O–H groups in total. The molecule has 0 spiro atoms. The molecule has 0 aliphatic heterocycles. The number of aryl methyl sites for hydroxylation is 2. The van der Waals surface area contributed by atoms with Crippen LogP contribution in [0.15, 0.2) is 18.3 Å². The molecule has 1 atom stereocenters. The van der Waals surface area contributed by atoms with Gasteiger partial charge in [-0.3, -0.25) is 14.2 Å². The van der Waals surface area contributed by atoms with Crippen LogP contribution in [0.3, 0.4) is 0 Å². The van der Waals surface area contributed by atoms with Crippen molar-refractivity contribution in [2.75, 3.05) is 6.54 Å². The van der Waals surface area contributed by atoms with Gasteiger partial charge in [-0.2, -0.15) is 23.4 Å². The number of nitrogens with zero attached hydrogens (tertiary/aromatic N) is 4. The van der Waals surface area contributed by atoms with Crippen molar-refractivity contribution in [2.24, 2.45) is 0 Å². The predicted molar refractivity (Wildman–Crippen MR) is 88.5 cm³/mol. The third-order valence-corrected chi connectivity index (χ3v) is 4.57. The van der Waals surface area contributed by atoms with E-state index in [4.69, 9.17) is 0 Å². The van der Waals surface area contributed by atoms with Gasteiger partial charge in [0.05, 0.1) is 0 Å². The van der Waals surface area contributed by atoms with Crippen LogP contribution in [0.25, 0.3) is 0 Å². The Bertz CT molecular complexity index is 776. The molecule has 3 rings (SSSR count). The minimum Gasteiger partial charge on any atom is -0.354 e. The van der Waals surface area contributed by atoms with E-state index in [1.54, 1.807) is 13.1 Å². The lowest BCUT2D eigenvalue weighted by Crippen LogP contribution is -2.33. The molecule has 26 heavy (non-hydrogen) atoms. The van der Waals surface area contributed by atoms with Gasteiger partial charge in [0.15, 0.2) is 5.69 Å². The Morgan fingerprint density at radius 2 is 2.15 bits per heavy atom. The Balaban J connectivity index is 1.59. The van der Waals surface area contributed by atoms with Gasteiger partial charge >= 0.3 is 6.18 Å². The molecule has 1 aliphatic carbocycles. The second-order valence-electron chi connectivity index (χ2n) is 6.69. The number of rotatable bonds is 7. The average Bonchev–Trinajstić information content (AvgIpc) is 3.18. The molecule has 142 valence electrons. The third-order valence-electron chi connectivity index (χ3n) is 4.57. The van der Waals surface area contributed by atoms with E-state index in [0.29, 0.717) is 25.2 Å². The maximum absolute atomic E-state index is 13.0. The molecule has 2 aromatic rings. The maximum Gasteiger partial charge on any atom is 0.435 e. The van der Waals surface area contributed by atoms with E-state index in [2.05, 4.69) is 15.5 Å². The highest BCUT2D eigenvalue weighted by molar-refractivity contribution is 5.79. The highest BCUT2D eigenvalue weighted by atomic mass is 19.4. The minimum atomic E-state index is -4.51. The molecule has 0 aromatic carbocycles. The predicted octanol–water partition coefficient (Wildman–Crippen LogP) is 3.05. The highest BCUT2D eigenvalue weighted by Crippen LogP contribution is 2.42. The molecule has 2 heterocycles. The van der Waals surface area contributed by atoms with Crippen LogP contribution in [-0.2, 0) is 17.5 Å². The first-order chi connectivity index (χ1) is 12.3. The van der Waals surface area contributed by atoms with E-state index >= 15 is 0 Å². The molecular weight excluding hydrogens is 347 g/mol. The zero-order chi connectivity index (χ0) is 18.9. The van der Waals surface area contributed by atoms with Gasteiger partial charge in [0.2, 0.25) is 5.91 Å². The molecule has 0 bridgehead atoms. The SMILES string of the molecule is Cc1ccnn1CCCNC(=O)C(C)n1nc(C(F)(F)F)cc1C1CC1. The first kappa shape index (κ1) is 18.5. The van der Waals surface area contributed by atoms with Crippen molar-refractivity contribution >= 4 is 5.91 Å². The first-order valence-corrected chi connectivity index (χ1v) is 8.70. The fourth-order valence-corrected chi connectivity index (χ4v) is 2.87. The lowest BCUT2D eigenvalue weighted by atomic mass is 10.2. The van der Waals surface area contributed by atoms with Gasteiger partial charge in [0.25, 0.3) is 0 Å². The summed E-state index contributed by atoms with van der Waals surface area (Å²) in [5, 5.41) is 10.6. The number of alkyl halides is 3. The quantitative estimate of drug-likeness (QED) is 0.763. The zero-order valence-corrected chi connectivity index (χ0v) is 14.8. The fraction of sp³-hybridized carbons (Fsp3) is 0.588. The molecule has 1 amide bonds. The van der Waals surface area contributed by atoms with Crippen molar-refractivity contribution in [1.82, 2.24) is 24.9 Å². The third kappa shape index (κ3) is 4.08. The highest BCUT2D eigenvalue weighted by Gasteiger charge is 2.39. The average molecular weight is 369 g/mol. The van der Waals surface area contributed by atoms with E-state index in [9.17, 15) is 18.0 Å². The van der Waals surface area contributed by atoms with Crippen LogP contribution in [0.5, 0.6) is 0 Å². The van der Waals surface area contributed by atoms with Crippen LogP contribution in [0.1, 0.15) is 55.2 Å². The molecule has 1 aliphatic rings. The summed E-state index contributed by atoms with van der Waals surface area (Å²) in [7, 11) is 0. The summed E-state index contributed by atoms with van der Waals surface area (Å²) in [5.41, 5.74) is 0.593. The summed E-state index contributed by atoms with van der Waals surface area (Å²) in [6.07, 6.45) is -0.442. The maximum atomic E-state index is 13.0. The summed E-state index contributed by atoms with van der Waals surface area (Å²) < 4.78 is 41.9. The van der Waals surface area contributed by atoms with Crippen molar-refractivity contribution in [1.29, 1.82) is 0 Å². The number of carbonyl (C=O) groups is 1. The number of halogens is 3. The molecule has 1 unspecified atom stereocenters. The van der Waals surface area contributed by atoms with Gasteiger partial charge in [0, 0.05) is 36.6 Å². The summed E-state index contributed by atoms with van der Waals surface area (Å²) in [5.74, 6) is -0.266. The van der Waals surface area contributed by atoms with Crippen LogP contribution in [0.2, 0.25) is 0 Å². The lowest BCUT2D eigenvalue weighted by molar-refractivity contribution is -0.142. The van der Waals surface area contributed by atoms with E-state index in [1.165, 1.54) is 4.68 Å². The standard InChI is InChI=1S/C17H22F3N5O/c1-11-6-8-22-24(11)9-3-7-21-16(26)12(2)25-14(13-4-5-13)10-15(23-25)17(18,19)20/h6,8,10,12-13H,3-5,7,9H2,1-2H3,(H,21,26). The fourth-order valence-electron chi connectivity index (χ4n) is 2.87. The number of amides is 1.